The van der Waals surface area contributed by atoms with Crippen LogP contribution in [0.4, 0.5) is 4.79 Å². The minimum Gasteiger partial charge on any atom is -0.378 e. The zero-order valence-electron chi connectivity index (χ0n) is 15.8. The standard InChI is InChI=1S/C21H28N4O2/c26-21(25-12-14-27-15-13-25)24-10-8-23(9-11-24)7-3-4-18-16-19-5-1-2-6-20(19)22-17-18/h1-2,5-6,16-17H,3-4,7-15H2. The Morgan fingerprint density at radius 1 is 1.00 bits per heavy atom. The van der Waals surface area contributed by atoms with Crippen molar-refractivity contribution < 1.29 is 9.53 Å². The Morgan fingerprint density at radius 3 is 2.56 bits per heavy atom. The lowest BCUT2D eigenvalue weighted by Crippen LogP contribution is -2.54. The van der Waals surface area contributed by atoms with Crippen molar-refractivity contribution >= 4 is 16.9 Å². The molecule has 0 unspecified atom stereocenters. The van der Waals surface area contributed by atoms with Crippen LogP contribution in [-0.2, 0) is 11.2 Å². The van der Waals surface area contributed by atoms with Gasteiger partial charge < -0.3 is 14.5 Å². The van der Waals surface area contributed by atoms with Gasteiger partial charge in [-0.05, 0) is 37.1 Å². The van der Waals surface area contributed by atoms with E-state index in [-0.39, 0.29) is 6.03 Å². The molecule has 1 aromatic heterocycles. The molecule has 2 amide bonds. The minimum absolute atomic E-state index is 0.181. The summed E-state index contributed by atoms with van der Waals surface area (Å²) in [5, 5.41) is 1.21. The van der Waals surface area contributed by atoms with Crippen LogP contribution in [0, 0.1) is 0 Å². The van der Waals surface area contributed by atoms with E-state index in [1.54, 1.807) is 0 Å². The Kier molecular flexibility index (Phi) is 5.84. The summed E-state index contributed by atoms with van der Waals surface area (Å²) in [7, 11) is 0. The molecule has 0 saturated carbocycles. The van der Waals surface area contributed by atoms with Crippen LogP contribution in [0.3, 0.4) is 0 Å². The molecule has 144 valence electrons. The van der Waals surface area contributed by atoms with Gasteiger partial charge in [0.1, 0.15) is 0 Å². The van der Waals surface area contributed by atoms with Crippen molar-refractivity contribution in [3.05, 3.63) is 42.1 Å². The minimum atomic E-state index is 0.181. The monoisotopic (exact) mass is 368 g/mol. The summed E-state index contributed by atoms with van der Waals surface area (Å²) in [5.74, 6) is 0. The average Bonchev–Trinajstić information content (AvgIpc) is 2.74. The molecule has 2 fully saturated rings. The molecule has 0 N–H and O–H groups in total. The van der Waals surface area contributed by atoms with Crippen molar-refractivity contribution in [3.8, 4) is 0 Å². The molecule has 6 nitrogen and oxygen atoms in total. The summed E-state index contributed by atoms with van der Waals surface area (Å²) in [6, 6.07) is 10.7. The number of aryl methyl sites for hydroxylation is 1. The first kappa shape index (κ1) is 18.2. The second-order valence-corrected chi connectivity index (χ2v) is 7.35. The van der Waals surface area contributed by atoms with Gasteiger partial charge in [-0.15, -0.1) is 0 Å². The largest absolute Gasteiger partial charge is 0.378 e. The van der Waals surface area contributed by atoms with Crippen molar-refractivity contribution in [1.29, 1.82) is 0 Å². The number of ether oxygens (including phenoxy) is 1. The maximum atomic E-state index is 12.5. The lowest BCUT2D eigenvalue weighted by molar-refractivity contribution is 0.0376. The van der Waals surface area contributed by atoms with Crippen LogP contribution >= 0.6 is 0 Å². The zero-order valence-corrected chi connectivity index (χ0v) is 15.8. The van der Waals surface area contributed by atoms with Crippen molar-refractivity contribution in [2.45, 2.75) is 12.8 Å². The number of nitrogens with zero attached hydrogens (tertiary/aromatic N) is 4. The molecule has 27 heavy (non-hydrogen) atoms. The highest BCUT2D eigenvalue weighted by molar-refractivity contribution is 5.78. The first-order chi connectivity index (χ1) is 13.3. The number of amides is 2. The second-order valence-electron chi connectivity index (χ2n) is 7.35. The number of carbonyl (C=O) groups is 1. The van der Waals surface area contributed by atoms with Crippen LogP contribution in [0.2, 0.25) is 0 Å². The number of para-hydroxylation sites is 1. The Balaban J connectivity index is 1.20. The van der Waals surface area contributed by atoms with Crippen LogP contribution in [0.25, 0.3) is 10.9 Å². The highest BCUT2D eigenvalue weighted by Crippen LogP contribution is 2.14. The number of morpholine rings is 1. The van der Waals surface area contributed by atoms with E-state index in [0.29, 0.717) is 13.2 Å². The Bertz CT molecular complexity index is 768. The third-order valence-corrected chi connectivity index (χ3v) is 5.51. The van der Waals surface area contributed by atoms with Crippen molar-refractivity contribution in [2.24, 2.45) is 0 Å². The molecule has 0 aliphatic carbocycles. The van der Waals surface area contributed by atoms with E-state index in [1.165, 1.54) is 10.9 Å². The van der Waals surface area contributed by atoms with E-state index in [2.05, 4.69) is 34.1 Å². The van der Waals surface area contributed by atoms with Gasteiger partial charge in [-0.3, -0.25) is 9.88 Å². The number of carbonyl (C=O) groups excluding carboxylic acids is 1. The van der Waals surface area contributed by atoms with Crippen LogP contribution in [0.15, 0.2) is 36.5 Å². The molecule has 0 atom stereocenters. The van der Waals surface area contributed by atoms with E-state index < -0.39 is 0 Å². The van der Waals surface area contributed by atoms with E-state index in [4.69, 9.17) is 4.74 Å². The first-order valence-corrected chi connectivity index (χ1v) is 9.97. The number of rotatable bonds is 4. The Morgan fingerprint density at radius 2 is 1.74 bits per heavy atom. The number of benzene rings is 1. The SMILES string of the molecule is O=C(N1CCOCC1)N1CCN(CCCc2cnc3ccccc3c2)CC1. The molecule has 2 aliphatic heterocycles. The van der Waals surface area contributed by atoms with E-state index in [9.17, 15) is 4.79 Å². The molecule has 0 radical (unpaired) electrons. The third-order valence-electron chi connectivity index (χ3n) is 5.51. The van der Waals surface area contributed by atoms with Gasteiger partial charge in [0.05, 0.1) is 18.7 Å². The Hall–Kier alpha value is -2.18. The van der Waals surface area contributed by atoms with E-state index in [0.717, 1.165) is 64.2 Å². The van der Waals surface area contributed by atoms with Gasteiger partial charge in [-0.25, -0.2) is 4.79 Å². The maximum Gasteiger partial charge on any atom is 0.320 e. The lowest BCUT2D eigenvalue weighted by atomic mass is 10.1. The number of hydrogen-bond acceptors (Lipinski definition) is 4. The van der Waals surface area contributed by atoms with E-state index in [1.807, 2.05) is 22.1 Å². The number of pyridine rings is 1. The third kappa shape index (κ3) is 4.57. The van der Waals surface area contributed by atoms with Gasteiger partial charge >= 0.3 is 6.03 Å². The van der Waals surface area contributed by atoms with Crippen molar-refractivity contribution in [2.75, 3.05) is 59.0 Å². The number of urea groups is 1. The molecule has 2 aliphatic rings. The molecule has 6 heteroatoms. The highest BCUT2D eigenvalue weighted by Gasteiger charge is 2.26. The molecule has 1 aromatic carbocycles. The van der Waals surface area contributed by atoms with Gasteiger partial charge in [0.2, 0.25) is 0 Å². The molecule has 2 saturated heterocycles. The summed E-state index contributed by atoms with van der Waals surface area (Å²) in [5.41, 5.74) is 2.36. The van der Waals surface area contributed by atoms with Gasteiger partial charge in [0, 0.05) is 50.9 Å². The van der Waals surface area contributed by atoms with Crippen molar-refractivity contribution in [1.82, 2.24) is 19.7 Å². The van der Waals surface area contributed by atoms with Gasteiger partial charge in [-0.2, -0.15) is 0 Å². The fourth-order valence-corrected chi connectivity index (χ4v) is 3.88. The van der Waals surface area contributed by atoms with Crippen LogP contribution in [-0.4, -0.2) is 84.7 Å². The fraction of sp³-hybridized carbons (Fsp3) is 0.524. The topological polar surface area (TPSA) is 48.9 Å². The number of piperazine rings is 1. The molecular weight excluding hydrogens is 340 g/mol. The second kappa shape index (κ2) is 8.67. The summed E-state index contributed by atoms with van der Waals surface area (Å²) in [4.78, 5) is 23.5. The number of fused-ring (bicyclic) bond motifs is 1. The smallest absolute Gasteiger partial charge is 0.320 e. The van der Waals surface area contributed by atoms with Gasteiger partial charge in [0.15, 0.2) is 0 Å². The normalized spacial score (nSPS) is 18.8. The summed E-state index contributed by atoms with van der Waals surface area (Å²) >= 11 is 0. The quantitative estimate of drug-likeness (QED) is 0.830. The lowest BCUT2D eigenvalue weighted by Gasteiger charge is -2.38. The first-order valence-electron chi connectivity index (χ1n) is 9.97. The molecule has 2 aromatic rings. The predicted octanol–water partition coefficient (Wildman–Crippen LogP) is 2.24. The highest BCUT2D eigenvalue weighted by atomic mass is 16.5. The summed E-state index contributed by atoms with van der Waals surface area (Å²) in [6.45, 7) is 7.42. The summed E-state index contributed by atoms with van der Waals surface area (Å²) in [6.07, 6.45) is 4.17. The van der Waals surface area contributed by atoms with Crippen LogP contribution in [0.1, 0.15) is 12.0 Å². The average molecular weight is 368 g/mol. The molecule has 4 rings (SSSR count). The maximum absolute atomic E-state index is 12.5. The van der Waals surface area contributed by atoms with Gasteiger partial charge in [0.25, 0.3) is 0 Å². The molecule has 3 heterocycles. The number of hydrogen-bond donors (Lipinski definition) is 0. The molecule has 0 bridgehead atoms. The summed E-state index contributed by atoms with van der Waals surface area (Å²) < 4.78 is 5.33. The van der Waals surface area contributed by atoms with Gasteiger partial charge in [-0.1, -0.05) is 18.2 Å². The van der Waals surface area contributed by atoms with E-state index >= 15 is 0 Å². The fourth-order valence-electron chi connectivity index (χ4n) is 3.88. The zero-order chi connectivity index (χ0) is 18.5. The predicted molar refractivity (Wildman–Crippen MR) is 106 cm³/mol. The van der Waals surface area contributed by atoms with Crippen LogP contribution < -0.4 is 0 Å². The molecule has 0 spiro atoms. The Labute approximate surface area is 160 Å². The number of aromatic nitrogens is 1. The van der Waals surface area contributed by atoms with Crippen LogP contribution in [0.5, 0.6) is 0 Å². The van der Waals surface area contributed by atoms with Crippen molar-refractivity contribution in [3.63, 3.8) is 0 Å². The molecular formula is C21H28N4O2.